The number of aryl methyl sites for hydroxylation is 1. The predicted octanol–water partition coefficient (Wildman–Crippen LogP) is 0.812. The maximum Gasteiger partial charge on any atom is 0.176 e. The summed E-state index contributed by atoms with van der Waals surface area (Å²) in [5, 5.41) is 12.1. The lowest BCUT2D eigenvalue weighted by Gasteiger charge is -2.22. The van der Waals surface area contributed by atoms with E-state index in [4.69, 9.17) is 5.73 Å². The van der Waals surface area contributed by atoms with E-state index >= 15 is 0 Å². The summed E-state index contributed by atoms with van der Waals surface area (Å²) in [6.07, 6.45) is 2.99. The van der Waals surface area contributed by atoms with Crippen molar-refractivity contribution in [2.24, 2.45) is 12.8 Å². The molecule has 0 spiro atoms. The van der Waals surface area contributed by atoms with Crippen LogP contribution in [-0.4, -0.2) is 26.2 Å². The fourth-order valence-corrected chi connectivity index (χ4v) is 2.58. The van der Waals surface area contributed by atoms with Crippen molar-refractivity contribution in [2.75, 3.05) is 0 Å². The molecule has 2 aromatic rings. The van der Waals surface area contributed by atoms with Gasteiger partial charge >= 0.3 is 0 Å². The number of rotatable bonds is 4. The molecule has 18 heavy (non-hydrogen) atoms. The highest BCUT2D eigenvalue weighted by Crippen LogP contribution is 2.50. The number of hydrogen-bond acceptors (Lipinski definition) is 4. The van der Waals surface area contributed by atoms with E-state index in [1.807, 2.05) is 6.07 Å². The van der Waals surface area contributed by atoms with E-state index in [2.05, 4.69) is 39.7 Å². The summed E-state index contributed by atoms with van der Waals surface area (Å²) in [6.45, 7) is 0. The van der Waals surface area contributed by atoms with Crippen molar-refractivity contribution in [1.82, 2.24) is 20.2 Å². The molecule has 0 bridgehead atoms. The van der Waals surface area contributed by atoms with Crippen LogP contribution in [0, 0.1) is 0 Å². The second-order valence-corrected chi connectivity index (χ2v) is 5.03. The molecule has 1 saturated carbocycles. The summed E-state index contributed by atoms with van der Waals surface area (Å²) in [5.41, 5.74) is 7.83. The Morgan fingerprint density at radius 2 is 2.06 bits per heavy atom. The molecule has 0 saturated heterocycles. The van der Waals surface area contributed by atoms with Crippen molar-refractivity contribution in [3.63, 3.8) is 0 Å². The highest BCUT2D eigenvalue weighted by atomic mass is 15.6. The van der Waals surface area contributed by atoms with Crippen LogP contribution in [0.4, 0.5) is 0 Å². The first kappa shape index (κ1) is 11.3. The van der Waals surface area contributed by atoms with Crippen molar-refractivity contribution in [1.29, 1.82) is 0 Å². The lowest BCUT2D eigenvalue weighted by atomic mass is 9.86. The molecule has 5 heteroatoms. The Morgan fingerprint density at radius 3 is 2.61 bits per heavy atom. The van der Waals surface area contributed by atoms with Crippen LogP contribution in [0.5, 0.6) is 0 Å². The van der Waals surface area contributed by atoms with Gasteiger partial charge in [-0.25, -0.2) is 0 Å². The Morgan fingerprint density at radius 1 is 1.33 bits per heavy atom. The zero-order valence-corrected chi connectivity index (χ0v) is 10.5. The van der Waals surface area contributed by atoms with Crippen LogP contribution in [0.2, 0.25) is 0 Å². The average Bonchev–Trinajstić information content (AvgIpc) is 3.10. The Balaban J connectivity index is 1.78. The monoisotopic (exact) mass is 243 g/mol. The van der Waals surface area contributed by atoms with Crippen LogP contribution in [0.25, 0.3) is 0 Å². The maximum atomic E-state index is 6.37. The van der Waals surface area contributed by atoms with Gasteiger partial charge in [0.25, 0.3) is 0 Å². The summed E-state index contributed by atoms with van der Waals surface area (Å²) in [7, 11) is 1.77. The van der Waals surface area contributed by atoms with Crippen molar-refractivity contribution >= 4 is 0 Å². The smallest absolute Gasteiger partial charge is 0.176 e. The molecule has 1 aliphatic rings. The molecular formula is C13H17N5. The lowest BCUT2D eigenvalue weighted by molar-refractivity contribution is 0.502. The molecule has 1 fully saturated rings. The third-order valence-corrected chi connectivity index (χ3v) is 3.80. The first-order valence-corrected chi connectivity index (χ1v) is 6.25. The van der Waals surface area contributed by atoms with Gasteiger partial charge in [-0.1, -0.05) is 30.3 Å². The highest BCUT2D eigenvalue weighted by Gasteiger charge is 2.49. The molecule has 2 N–H and O–H groups in total. The molecule has 94 valence electrons. The zero-order valence-electron chi connectivity index (χ0n) is 10.5. The third kappa shape index (κ3) is 1.90. The molecule has 1 aromatic carbocycles. The van der Waals surface area contributed by atoms with E-state index in [0.29, 0.717) is 6.42 Å². The van der Waals surface area contributed by atoms with E-state index < -0.39 is 0 Å². The van der Waals surface area contributed by atoms with Crippen LogP contribution in [0.3, 0.4) is 0 Å². The number of hydrogen-bond donors (Lipinski definition) is 1. The van der Waals surface area contributed by atoms with Crippen molar-refractivity contribution in [3.8, 4) is 0 Å². The molecule has 5 nitrogen and oxygen atoms in total. The fraction of sp³-hybridized carbons (Fsp3) is 0.462. The van der Waals surface area contributed by atoms with Gasteiger partial charge < -0.3 is 5.73 Å². The van der Waals surface area contributed by atoms with Crippen LogP contribution in [-0.2, 0) is 18.9 Å². The summed E-state index contributed by atoms with van der Waals surface area (Å²) in [6, 6.07) is 10.6. The molecule has 0 aliphatic heterocycles. The van der Waals surface area contributed by atoms with Gasteiger partial charge in [-0.3, -0.25) is 0 Å². The summed E-state index contributed by atoms with van der Waals surface area (Å²) in [4.78, 5) is 1.48. The topological polar surface area (TPSA) is 69.6 Å². The molecule has 0 radical (unpaired) electrons. The molecule has 3 rings (SSSR count). The summed E-state index contributed by atoms with van der Waals surface area (Å²) in [5.74, 6) is 0.729. The Hall–Kier alpha value is -1.75. The Bertz CT molecular complexity index is 529. The van der Waals surface area contributed by atoms with Crippen LogP contribution in [0.1, 0.15) is 24.2 Å². The molecule has 1 unspecified atom stereocenters. The van der Waals surface area contributed by atoms with Gasteiger partial charge in [0, 0.05) is 17.9 Å². The SMILES string of the molecule is Cn1nnc(CC(N)C2(c3ccccc3)CC2)n1. The van der Waals surface area contributed by atoms with Crippen LogP contribution >= 0.6 is 0 Å². The Kier molecular flexibility index (Phi) is 2.63. The number of benzene rings is 1. The normalized spacial score (nSPS) is 18.6. The van der Waals surface area contributed by atoms with E-state index in [0.717, 1.165) is 18.7 Å². The summed E-state index contributed by atoms with van der Waals surface area (Å²) < 4.78 is 0. The zero-order chi connectivity index (χ0) is 12.6. The highest BCUT2D eigenvalue weighted by molar-refractivity contribution is 5.34. The molecule has 1 heterocycles. The van der Waals surface area contributed by atoms with E-state index in [-0.39, 0.29) is 11.5 Å². The minimum Gasteiger partial charge on any atom is -0.326 e. The largest absolute Gasteiger partial charge is 0.326 e. The van der Waals surface area contributed by atoms with Crippen molar-refractivity contribution in [2.45, 2.75) is 30.7 Å². The van der Waals surface area contributed by atoms with E-state index in [1.54, 1.807) is 7.05 Å². The molecule has 0 amide bonds. The maximum absolute atomic E-state index is 6.37. The minimum atomic E-state index is 0.0594. The number of tetrazole rings is 1. The number of nitrogens with zero attached hydrogens (tertiary/aromatic N) is 4. The van der Waals surface area contributed by atoms with Crippen molar-refractivity contribution in [3.05, 3.63) is 41.7 Å². The van der Waals surface area contributed by atoms with Crippen LogP contribution < -0.4 is 5.73 Å². The van der Waals surface area contributed by atoms with Gasteiger partial charge in [0.05, 0.1) is 7.05 Å². The second kappa shape index (κ2) is 4.17. The van der Waals surface area contributed by atoms with Gasteiger partial charge in [-0.2, -0.15) is 4.80 Å². The van der Waals surface area contributed by atoms with Gasteiger partial charge in [0.2, 0.25) is 0 Å². The molecule has 1 aliphatic carbocycles. The van der Waals surface area contributed by atoms with Crippen LogP contribution in [0.15, 0.2) is 30.3 Å². The summed E-state index contributed by atoms with van der Waals surface area (Å²) >= 11 is 0. The first-order chi connectivity index (χ1) is 8.71. The average molecular weight is 243 g/mol. The third-order valence-electron chi connectivity index (χ3n) is 3.80. The Labute approximate surface area is 106 Å². The van der Waals surface area contributed by atoms with Gasteiger partial charge in [-0.05, 0) is 23.6 Å². The minimum absolute atomic E-state index is 0.0594. The van der Waals surface area contributed by atoms with E-state index in [1.165, 1.54) is 10.4 Å². The lowest BCUT2D eigenvalue weighted by Crippen LogP contribution is -2.37. The fourth-order valence-electron chi connectivity index (χ4n) is 2.58. The number of nitrogens with two attached hydrogens (primary N) is 1. The number of aromatic nitrogens is 4. The predicted molar refractivity (Wildman–Crippen MR) is 67.8 cm³/mol. The van der Waals surface area contributed by atoms with E-state index in [9.17, 15) is 0 Å². The molecular weight excluding hydrogens is 226 g/mol. The van der Waals surface area contributed by atoms with Gasteiger partial charge in [0.1, 0.15) is 0 Å². The first-order valence-electron chi connectivity index (χ1n) is 6.25. The quantitative estimate of drug-likeness (QED) is 0.862. The van der Waals surface area contributed by atoms with Crippen molar-refractivity contribution < 1.29 is 0 Å². The van der Waals surface area contributed by atoms with Gasteiger partial charge in [-0.15, -0.1) is 10.2 Å². The molecule has 1 atom stereocenters. The standard InChI is InChI=1S/C13H17N5/c1-18-16-12(15-17-18)9-11(14)13(7-8-13)10-5-3-2-4-6-10/h2-6,11H,7-9,14H2,1H3. The van der Waals surface area contributed by atoms with Gasteiger partial charge in [0.15, 0.2) is 5.82 Å². The second-order valence-electron chi connectivity index (χ2n) is 5.03. The molecule has 1 aromatic heterocycles.